The van der Waals surface area contributed by atoms with E-state index < -0.39 is 5.97 Å². The van der Waals surface area contributed by atoms with Crippen LogP contribution in [0.1, 0.15) is 6.42 Å². The summed E-state index contributed by atoms with van der Waals surface area (Å²) >= 11 is 5.86. The summed E-state index contributed by atoms with van der Waals surface area (Å²) in [4.78, 5) is 24.0. The molecule has 21 heavy (non-hydrogen) atoms. The average Bonchev–Trinajstić information content (AvgIpc) is 2.87. The van der Waals surface area contributed by atoms with Gasteiger partial charge in [-0.05, 0) is 12.1 Å². The Hall–Kier alpha value is -2.34. The number of hydrogen-bond acceptors (Lipinski definition) is 3. The number of carbonyl (C=O) groups is 2. The number of halogens is 1. The first-order valence-corrected chi connectivity index (χ1v) is 6.78. The molecular formula is C14H12ClN3O3. The molecule has 3 rings (SSSR count). The predicted molar refractivity (Wildman–Crippen MR) is 77.3 cm³/mol. The molecule has 0 bridgehead atoms. The van der Waals surface area contributed by atoms with Crippen molar-refractivity contribution in [1.29, 1.82) is 0 Å². The highest BCUT2D eigenvalue weighted by atomic mass is 35.5. The molecule has 0 spiro atoms. The second-order valence-corrected chi connectivity index (χ2v) is 5.18. The van der Waals surface area contributed by atoms with E-state index in [1.54, 1.807) is 22.9 Å². The highest BCUT2D eigenvalue weighted by molar-refractivity contribution is 6.30. The fraction of sp³-hybridized carbons (Fsp3) is 0.214. The lowest BCUT2D eigenvalue weighted by Gasteiger charge is -2.25. The molecule has 7 heteroatoms. The van der Waals surface area contributed by atoms with Crippen molar-refractivity contribution in [2.75, 3.05) is 11.4 Å². The molecule has 1 N–H and O–H groups in total. The van der Waals surface area contributed by atoms with Crippen LogP contribution in [0.4, 0.5) is 5.82 Å². The number of amides is 1. The largest absolute Gasteiger partial charge is 0.480 e. The third kappa shape index (κ3) is 2.62. The Kier molecular flexibility index (Phi) is 3.39. The van der Waals surface area contributed by atoms with Crippen molar-refractivity contribution in [2.24, 2.45) is 0 Å². The Bertz CT molecular complexity index is 709. The van der Waals surface area contributed by atoms with Gasteiger partial charge in [-0.2, -0.15) is 5.10 Å². The Labute approximate surface area is 125 Å². The highest BCUT2D eigenvalue weighted by Gasteiger charge is 2.27. The van der Waals surface area contributed by atoms with Crippen LogP contribution in [-0.4, -0.2) is 33.3 Å². The molecule has 0 atom stereocenters. The van der Waals surface area contributed by atoms with Gasteiger partial charge >= 0.3 is 5.97 Å². The minimum Gasteiger partial charge on any atom is -0.480 e. The van der Waals surface area contributed by atoms with E-state index in [-0.39, 0.29) is 18.9 Å². The smallest absolute Gasteiger partial charge is 0.323 e. The molecule has 2 heterocycles. The van der Waals surface area contributed by atoms with E-state index in [9.17, 15) is 9.59 Å². The lowest BCUT2D eigenvalue weighted by atomic mass is 10.1. The van der Waals surface area contributed by atoms with Crippen LogP contribution in [0, 0.1) is 0 Å². The van der Waals surface area contributed by atoms with E-state index in [0.29, 0.717) is 23.1 Å². The second-order valence-electron chi connectivity index (χ2n) is 4.74. The second kappa shape index (κ2) is 5.21. The molecule has 1 aliphatic heterocycles. The molecule has 0 saturated carbocycles. The van der Waals surface area contributed by atoms with Crippen LogP contribution in [0.5, 0.6) is 0 Å². The van der Waals surface area contributed by atoms with Crippen LogP contribution >= 0.6 is 11.6 Å². The fourth-order valence-corrected chi connectivity index (χ4v) is 2.45. The minimum atomic E-state index is -1.05. The molecular weight excluding hydrogens is 294 g/mol. The van der Waals surface area contributed by atoms with Gasteiger partial charge in [0.25, 0.3) is 0 Å². The molecule has 6 nitrogen and oxygen atoms in total. The summed E-state index contributed by atoms with van der Waals surface area (Å²) in [6, 6.07) is 8.91. The number of aromatic nitrogens is 2. The van der Waals surface area contributed by atoms with Crippen LogP contribution in [0.3, 0.4) is 0 Å². The van der Waals surface area contributed by atoms with Crippen molar-refractivity contribution in [3.63, 3.8) is 0 Å². The number of rotatable bonds is 3. The Morgan fingerprint density at radius 1 is 1.33 bits per heavy atom. The van der Waals surface area contributed by atoms with Crippen LogP contribution in [-0.2, 0) is 16.1 Å². The van der Waals surface area contributed by atoms with Gasteiger partial charge in [-0.1, -0.05) is 23.7 Å². The number of fused-ring (bicyclic) bond motifs is 1. The minimum absolute atomic E-state index is 0.201. The maximum Gasteiger partial charge on any atom is 0.323 e. The van der Waals surface area contributed by atoms with Crippen LogP contribution < -0.4 is 4.90 Å². The third-order valence-electron chi connectivity index (χ3n) is 3.31. The monoisotopic (exact) mass is 305 g/mol. The summed E-state index contributed by atoms with van der Waals surface area (Å²) < 4.78 is 1.66. The van der Waals surface area contributed by atoms with Crippen LogP contribution in [0.15, 0.2) is 30.3 Å². The molecule has 1 amide bonds. The maximum atomic E-state index is 11.9. The summed E-state index contributed by atoms with van der Waals surface area (Å²) in [6.45, 7) is 0.0997. The maximum absolute atomic E-state index is 11.9. The summed E-state index contributed by atoms with van der Waals surface area (Å²) in [5, 5.41) is 14.0. The van der Waals surface area contributed by atoms with Crippen molar-refractivity contribution in [3.05, 3.63) is 35.4 Å². The van der Waals surface area contributed by atoms with E-state index in [2.05, 4.69) is 5.10 Å². The summed E-state index contributed by atoms with van der Waals surface area (Å²) in [5.74, 6) is -0.739. The SMILES string of the molecule is O=C(O)CN1C(=O)CCn2nc(-c3ccc(Cl)cc3)cc21. The van der Waals surface area contributed by atoms with Gasteiger partial charge in [-0.25, -0.2) is 4.68 Å². The average molecular weight is 306 g/mol. The zero-order valence-electron chi connectivity index (χ0n) is 11.0. The molecule has 108 valence electrons. The first kappa shape index (κ1) is 13.6. The summed E-state index contributed by atoms with van der Waals surface area (Å²) in [6.07, 6.45) is 0.252. The number of carboxylic acids is 1. The van der Waals surface area contributed by atoms with Gasteiger partial charge in [0.15, 0.2) is 0 Å². The van der Waals surface area contributed by atoms with Crippen LogP contribution in [0.25, 0.3) is 11.3 Å². The van der Waals surface area contributed by atoms with Crippen molar-refractivity contribution in [2.45, 2.75) is 13.0 Å². The number of hydrogen-bond donors (Lipinski definition) is 1. The molecule has 1 aromatic carbocycles. The van der Waals surface area contributed by atoms with Crippen molar-refractivity contribution >= 4 is 29.3 Å². The Balaban J connectivity index is 1.99. The van der Waals surface area contributed by atoms with Crippen LogP contribution in [0.2, 0.25) is 5.02 Å². The topological polar surface area (TPSA) is 75.4 Å². The van der Waals surface area contributed by atoms with E-state index in [4.69, 9.17) is 16.7 Å². The van der Waals surface area contributed by atoms with Gasteiger partial charge in [-0.15, -0.1) is 0 Å². The quantitative estimate of drug-likeness (QED) is 0.941. The first-order chi connectivity index (χ1) is 10.0. The number of anilines is 1. The number of aryl methyl sites for hydroxylation is 1. The number of nitrogens with zero attached hydrogens (tertiary/aromatic N) is 3. The molecule has 0 unspecified atom stereocenters. The molecule has 0 radical (unpaired) electrons. The van der Waals surface area contributed by atoms with Gasteiger partial charge in [-0.3, -0.25) is 14.5 Å². The molecule has 1 aliphatic rings. The van der Waals surface area contributed by atoms with Gasteiger partial charge in [0.05, 0.1) is 12.2 Å². The Morgan fingerprint density at radius 3 is 2.71 bits per heavy atom. The van der Waals surface area contributed by atoms with Gasteiger partial charge in [0.1, 0.15) is 12.4 Å². The van der Waals surface area contributed by atoms with E-state index in [1.807, 2.05) is 12.1 Å². The fourth-order valence-electron chi connectivity index (χ4n) is 2.32. The van der Waals surface area contributed by atoms with E-state index >= 15 is 0 Å². The molecule has 0 saturated heterocycles. The van der Waals surface area contributed by atoms with Crippen molar-refractivity contribution in [1.82, 2.24) is 9.78 Å². The molecule has 1 aromatic heterocycles. The number of carbonyl (C=O) groups excluding carboxylic acids is 1. The van der Waals surface area contributed by atoms with Gasteiger partial charge in [0.2, 0.25) is 5.91 Å². The number of carboxylic acid groups (broad SMARTS) is 1. The van der Waals surface area contributed by atoms with Crippen molar-refractivity contribution < 1.29 is 14.7 Å². The standard InChI is InChI=1S/C14H12ClN3O3/c15-10-3-1-9(2-4-10)11-7-12-17(8-14(20)21)13(19)5-6-18(12)16-11/h1-4,7H,5-6,8H2,(H,20,21). The first-order valence-electron chi connectivity index (χ1n) is 6.40. The lowest BCUT2D eigenvalue weighted by Crippen LogP contribution is -2.40. The van der Waals surface area contributed by atoms with Gasteiger partial charge < -0.3 is 5.11 Å². The number of benzene rings is 1. The highest BCUT2D eigenvalue weighted by Crippen LogP contribution is 2.28. The summed E-state index contributed by atoms with van der Waals surface area (Å²) in [7, 11) is 0. The zero-order chi connectivity index (χ0) is 15.0. The molecule has 0 aliphatic carbocycles. The zero-order valence-corrected chi connectivity index (χ0v) is 11.7. The predicted octanol–water partition coefficient (Wildman–Crippen LogP) is 2.02. The van der Waals surface area contributed by atoms with E-state index in [0.717, 1.165) is 5.56 Å². The molecule has 0 fully saturated rings. The van der Waals surface area contributed by atoms with Gasteiger partial charge in [0, 0.05) is 23.1 Å². The summed E-state index contributed by atoms with van der Waals surface area (Å²) in [5.41, 5.74) is 1.55. The molecule has 2 aromatic rings. The Morgan fingerprint density at radius 2 is 2.05 bits per heavy atom. The van der Waals surface area contributed by atoms with E-state index in [1.165, 1.54) is 4.90 Å². The van der Waals surface area contributed by atoms with Crippen molar-refractivity contribution in [3.8, 4) is 11.3 Å². The lowest BCUT2D eigenvalue weighted by molar-refractivity contribution is -0.136. The third-order valence-corrected chi connectivity index (χ3v) is 3.56. The normalized spacial score (nSPS) is 14.1. The number of aliphatic carboxylic acids is 1.